The lowest BCUT2D eigenvalue weighted by atomic mass is 9.52. The van der Waals surface area contributed by atoms with E-state index in [2.05, 4.69) is 39.2 Å². The molecule has 7 unspecified atom stereocenters. The number of nitrogens with zero attached hydrogens (tertiary/aromatic N) is 6. The molecule has 15 nitrogen and oxygen atoms in total. The Morgan fingerprint density at radius 3 is 2.20 bits per heavy atom. The third-order valence-corrected chi connectivity index (χ3v) is 20.2. The second kappa shape index (κ2) is 23.2. The molecule has 0 radical (unpaired) electrons. The molecule has 5 heterocycles. The number of halogens is 2. The Kier molecular flexibility index (Phi) is 16.3. The van der Waals surface area contributed by atoms with Gasteiger partial charge in [-0.05, 0) is 138 Å². The summed E-state index contributed by atoms with van der Waals surface area (Å²) in [6.45, 7) is 10.8. The Hall–Kier alpha value is -5.36. The lowest BCUT2D eigenvalue weighted by Crippen LogP contribution is -2.63. The van der Waals surface area contributed by atoms with Crippen LogP contribution in [0.1, 0.15) is 132 Å². The van der Waals surface area contributed by atoms with Crippen molar-refractivity contribution in [3.63, 3.8) is 0 Å². The Morgan fingerprint density at radius 2 is 1.52 bits per heavy atom. The van der Waals surface area contributed by atoms with E-state index in [0.717, 1.165) is 96.6 Å². The summed E-state index contributed by atoms with van der Waals surface area (Å²) in [5, 5.41) is 23.5. The number of hydrogen-bond donors (Lipinski definition) is 3. The van der Waals surface area contributed by atoms with E-state index < -0.39 is 47.0 Å². The Bertz CT molecular complexity index is 2860. The summed E-state index contributed by atoms with van der Waals surface area (Å²) < 4.78 is 39.2. The molecule has 4 aliphatic carbocycles. The number of ether oxygens (including phenoxy) is 1. The number of piperazine rings is 1. The topological polar surface area (TPSA) is 172 Å². The third kappa shape index (κ3) is 11.2. The van der Waals surface area contributed by atoms with Crippen molar-refractivity contribution in [3.8, 4) is 0 Å². The standard InChI is InChI=1S/C62H82F2N8O7/c1-61(2)50(16-10-26-72(61)58(76)48-37-41-18-19-44(41)48)47-15-9-25-62(3,55(47)64)60(78)65-54(40-11-5-4-6-12-40)59(77)70-29-23-43(24-30-70)79-42-21-27-68(28-22-42)38-53(73)69-31-33-71(34-32-69)57(75)49-35-39(17-20-51(49)63)36-52-45-13-7-8-14-46(45)56(74)67-66-52/h7-9,13-15,17,20,25,35,40-44,48,50,54-55,59,77H,4-6,10-12,16,18-19,21-24,26-34,36-38H2,1-3H3,(H,65,78)(H,67,74)/t41?,44?,48?,50?,54-,55?,59?,62?/m1/s1. The maximum absolute atomic E-state index is 17.4. The summed E-state index contributed by atoms with van der Waals surface area (Å²) in [5.74, 6) is -0.0716. The molecule has 3 saturated carbocycles. The molecule has 7 fully saturated rings. The molecule has 3 N–H and O–H groups in total. The number of aromatic nitrogens is 2. The largest absolute Gasteiger partial charge is 0.376 e. The van der Waals surface area contributed by atoms with Crippen molar-refractivity contribution in [1.29, 1.82) is 0 Å². The predicted octanol–water partition coefficient (Wildman–Crippen LogP) is 7.17. The van der Waals surface area contributed by atoms with Crippen molar-refractivity contribution >= 4 is 34.4 Å². The number of benzene rings is 2. The molecule has 1 aromatic heterocycles. The van der Waals surface area contributed by atoms with Crippen LogP contribution in [0.3, 0.4) is 0 Å². The van der Waals surface area contributed by atoms with E-state index in [1.165, 1.54) is 12.5 Å². The lowest BCUT2D eigenvalue weighted by molar-refractivity contribution is -0.161. The zero-order valence-electron chi connectivity index (χ0n) is 46.6. The number of aromatic amines is 1. The van der Waals surface area contributed by atoms with Crippen molar-refractivity contribution in [2.75, 3.05) is 65.4 Å². The second-order valence-corrected chi connectivity index (χ2v) is 25.2. The molecular weight excluding hydrogens is 1010 g/mol. The van der Waals surface area contributed by atoms with Crippen molar-refractivity contribution < 1.29 is 37.8 Å². The number of aliphatic hydroxyl groups excluding tert-OH is 1. The van der Waals surface area contributed by atoms with E-state index in [1.54, 1.807) is 47.1 Å². The minimum Gasteiger partial charge on any atom is -0.376 e. The van der Waals surface area contributed by atoms with Crippen LogP contribution in [-0.4, -0.2) is 165 Å². The van der Waals surface area contributed by atoms with Crippen LogP contribution in [0.15, 0.2) is 71.1 Å². The molecule has 2 aromatic carbocycles. The van der Waals surface area contributed by atoms with Gasteiger partial charge in [-0.2, -0.15) is 5.10 Å². The van der Waals surface area contributed by atoms with E-state index >= 15 is 8.78 Å². The third-order valence-electron chi connectivity index (χ3n) is 20.2. The zero-order valence-corrected chi connectivity index (χ0v) is 46.6. The van der Waals surface area contributed by atoms with Crippen LogP contribution in [-0.2, 0) is 25.5 Å². The number of nitrogens with one attached hydrogen (secondary N) is 2. The van der Waals surface area contributed by atoms with Crippen LogP contribution in [0.4, 0.5) is 8.78 Å². The van der Waals surface area contributed by atoms with Gasteiger partial charge in [0.25, 0.3) is 11.5 Å². The minimum absolute atomic E-state index is 0.00320. The number of aliphatic hydroxyl groups is 1. The average Bonchev–Trinajstić information content (AvgIpc) is 3.58. The fourth-order valence-electron chi connectivity index (χ4n) is 15.0. The highest BCUT2D eigenvalue weighted by Gasteiger charge is 2.56. The van der Waals surface area contributed by atoms with Crippen LogP contribution < -0.4 is 10.9 Å². The van der Waals surface area contributed by atoms with Crippen LogP contribution in [0.2, 0.25) is 0 Å². The summed E-state index contributed by atoms with van der Waals surface area (Å²) in [5.41, 5.74) is -0.495. The molecule has 4 saturated heterocycles. The molecule has 4 amide bonds. The number of rotatable bonds is 14. The fourth-order valence-corrected chi connectivity index (χ4v) is 15.0. The Balaban J connectivity index is 0.628. The predicted molar refractivity (Wildman–Crippen MR) is 297 cm³/mol. The van der Waals surface area contributed by atoms with Gasteiger partial charge in [0.2, 0.25) is 17.7 Å². The highest BCUT2D eigenvalue weighted by molar-refractivity contribution is 5.95. The summed E-state index contributed by atoms with van der Waals surface area (Å²) in [6, 6.07) is 11.1. The number of hydrogen-bond acceptors (Lipinski definition) is 10. The monoisotopic (exact) mass is 1090 g/mol. The molecule has 17 heteroatoms. The van der Waals surface area contributed by atoms with Gasteiger partial charge in [-0.15, -0.1) is 0 Å². The van der Waals surface area contributed by atoms with Gasteiger partial charge in [0.1, 0.15) is 18.2 Å². The van der Waals surface area contributed by atoms with Crippen LogP contribution >= 0.6 is 0 Å². The van der Waals surface area contributed by atoms with Crippen molar-refractivity contribution in [3.05, 3.63) is 99.3 Å². The highest BCUT2D eigenvalue weighted by atomic mass is 19.1. The zero-order chi connectivity index (χ0) is 55.2. The smallest absolute Gasteiger partial charge is 0.272 e. The van der Waals surface area contributed by atoms with Gasteiger partial charge < -0.3 is 29.9 Å². The van der Waals surface area contributed by atoms with Crippen LogP contribution in [0.25, 0.3) is 10.8 Å². The summed E-state index contributed by atoms with van der Waals surface area (Å²) in [4.78, 5) is 77.8. The number of likely N-dealkylation sites (tertiary alicyclic amines) is 3. The number of carbonyl (C=O) groups is 4. The van der Waals surface area contributed by atoms with Gasteiger partial charge in [-0.1, -0.05) is 61.8 Å². The van der Waals surface area contributed by atoms with E-state index in [0.29, 0.717) is 91.7 Å². The Labute approximate surface area is 463 Å². The molecule has 426 valence electrons. The van der Waals surface area contributed by atoms with Gasteiger partial charge >= 0.3 is 0 Å². The van der Waals surface area contributed by atoms with Crippen LogP contribution in [0.5, 0.6) is 0 Å². The summed E-state index contributed by atoms with van der Waals surface area (Å²) in [7, 11) is 0. The molecule has 8 aliphatic rings. The van der Waals surface area contributed by atoms with E-state index in [9.17, 15) is 29.1 Å². The number of piperidine rings is 3. The molecule has 0 spiro atoms. The number of amides is 4. The van der Waals surface area contributed by atoms with Crippen molar-refractivity contribution in [2.45, 2.75) is 153 Å². The van der Waals surface area contributed by atoms with Gasteiger partial charge in [0, 0.05) is 88.1 Å². The molecule has 3 aromatic rings. The van der Waals surface area contributed by atoms with Crippen LogP contribution in [0, 0.1) is 40.8 Å². The maximum Gasteiger partial charge on any atom is 0.272 e. The second-order valence-electron chi connectivity index (χ2n) is 25.2. The van der Waals surface area contributed by atoms with E-state index in [-0.39, 0.29) is 59.4 Å². The van der Waals surface area contributed by atoms with E-state index in [4.69, 9.17) is 4.74 Å². The van der Waals surface area contributed by atoms with Gasteiger partial charge in [-0.25, -0.2) is 13.9 Å². The number of alkyl halides is 1. The molecular formula is C62H82F2N8O7. The molecule has 8 atom stereocenters. The maximum atomic E-state index is 17.4. The number of allylic oxidation sites excluding steroid dienone is 2. The molecule has 79 heavy (non-hydrogen) atoms. The first-order valence-electron chi connectivity index (χ1n) is 29.8. The summed E-state index contributed by atoms with van der Waals surface area (Å²) in [6.07, 6.45) is 16.1. The molecule has 11 rings (SSSR count). The quantitative estimate of drug-likeness (QED) is 0.150. The first-order chi connectivity index (χ1) is 38.1. The summed E-state index contributed by atoms with van der Waals surface area (Å²) >= 11 is 0. The number of carbonyl (C=O) groups excluding carboxylic acids is 4. The SMILES string of the molecule is CC1(C(=O)N[C@H](C2CCCCC2)C(O)N2CCC(OC3CCN(CC(=O)N4CCN(C(=O)c5cc(Cc6n[nH]c(=O)c7ccccc67)ccc5F)CC4)CC3)CC2)C=CC=C(C2CCCN(C(=O)C3CC4CCC43)C2(C)C)C1F. The number of fused-ring (bicyclic) bond motifs is 2. The molecule has 4 aliphatic heterocycles. The van der Waals surface area contributed by atoms with E-state index in [1.807, 2.05) is 29.2 Å². The number of H-pyrrole nitrogens is 1. The van der Waals surface area contributed by atoms with Gasteiger partial charge in [0.15, 0.2) is 0 Å². The Morgan fingerprint density at radius 1 is 0.823 bits per heavy atom. The highest BCUT2D eigenvalue weighted by Crippen LogP contribution is 2.56. The minimum atomic E-state index is -1.57. The first kappa shape index (κ1) is 55.5. The van der Waals surface area contributed by atoms with Crippen molar-refractivity contribution in [1.82, 2.24) is 40.0 Å². The van der Waals surface area contributed by atoms with Gasteiger partial charge in [-0.3, -0.25) is 33.8 Å². The normalized spacial score (nSPS) is 29.0. The first-order valence-corrected chi connectivity index (χ1v) is 29.8. The average molecular weight is 1090 g/mol. The molecule has 0 bridgehead atoms. The fraction of sp³-hybridized carbons (Fsp3) is 0.645. The lowest BCUT2D eigenvalue weighted by Gasteiger charge is -2.57. The van der Waals surface area contributed by atoms with Gasteiger partial charge in [0.05, 0.1) is 46.9 Å². The van der Waals surface area contributed by atoms with Crippen molar-refractivity contribution in [2.24, 2.45) is 35.0 Å².